The number of aromatic nitrogens is 2. The maximum atomic E-state index is 13.9. The Labute approximate surface area is 264 Å². The van der Waals surface area contributed by atoms with Gasteiger partial charge in [0.1, 0.15) is 30.4 Å². The highest BCUT2D eigenvalue weighted by Crippen LogP contribution is 2.28. The molecule has 2 aromatic rings. The largest absolute Gasteiger partial charge is 0.394 e. The van der Waals surface area contributed by atoms with Crippen molar-refractivity contribution < 1.29 is 34.8 Å². The van der Waals surface area contributed by atoms with Crippen LogP contribution in [0.4, 0.5) is 0 Å². The fourth-order valence-corrected chi connectivity index (χ4v) is 5.65. The Kier molecular flexibility index (Phi) is 14.4. The first-order valence-electron chi connectivity index (χ1n) is 15.8. The molecule has 1 aliphatic carbocycles. The van der Waals surface area contributed by atoms with Gasteiger partial charge in [-0.15, -0.1) is 0 Å². The highest BCUT2D eigenvalue weighted by Gasteiger charge is 2.36. The Morgan fingerprint density at radius 1 is 0.911 bits per heavy atom. The lowest BCUT2D eigenvalue weighted by atomic mass is 9.82. The number of H-pyrrole nitrogens is 1. The van der Waals surface area contributed by atoms with Crippen LogP contribution in [-0.4, -0.2) is 97.2 Å². The number of rotatable bonds is 17. The summed E-state index contributed by atoms with van der Waals surface area (Å²) in [6.45, 7) is 2.84. The van der Waals surface area contributed by atoms with Gasteiger partial charge in [0.25, 0.3) is 0 Å². The summed E-state index contributed by atoms with van der Waals surface area (Å²) in [5.74, 6) is -1.73. The quantitative estimate of drug-likeness (QED) is 0.112. The van der Waals surface area contributed by atoms with E-state index in [1.54, 1.807) is 13.8 Å². The molecule has 45 heavy (non-hydrogen) atoms. The Morgan fingerprint density at radius 3 is 2.13 bits per heavy atom. The average molecular weight is 631 g/mol. The van der Waals surface area contributed by atoms with Crippen molar-refractivity contribution in [1.29, 1.82) is 0 Å². The predicted octanol–water partition coefficient (Wildman–Crippen LogP) is -0.322. The monoisotopic (exact) mass is 630 g/mol. The maximum absolute atomic E-state index is 13.9. The van der Waals surface area contributed by atoms with E-state index in [9.17, 15) is 34.8 Å². The van der Waals surface area contributed by atoms with E-state index in [2.05, 4.69) is 25.9 Å². The summed E-state index contributed by atoms with van der Waals surface area (Å²) in [6, 6.07) is 5.11. The number of nitrogens with two attached hydrogens (primary N) is 1. The van der Waals surface area contributed by atoms with E-state index in [1.807, 2.05) is 30.3 Å². The lowest BCUT2D eigenvalue weighted by Gasteiger charge is -2.34. The molecular formula is C32H50N6O7. The van der Waals surface area contributed by atoms with Crippen molar-refractivity contribution in [3.8, 4) is 0 Å². The van der Waals surface area contributed by atoms with Crippen molar-refractivity contribution >= 4 is 17.7 Å². The number of nitrogens with zero attached hydrogens (tertiary/aromatic N) is 1. The number of aliphatic hydroxyl groups is 4. The number of amides is 3. The van der Waals surface area contributed by atoms with Crippen LogP contribution in [0.15, 0.2) is 42.9 Å². The van der Waals surface area contributed by atoms with Crippen molar-refractivity contribution in [3.05, 3.63) is 54.1 Å². The van der Waals surface area contributed by atoms with Crippen LogP contribution in [0.1, 0.15) is 63.6 Å². The summed E-state index contributed by atoms with van der Waals surface area (Å²) in [5.41, 5.74) is 7.41. The smallest absolute Gasteiger partial charge is 0.243 e. The Balaban J connectivity index is 1.85. The number of imidazole rings is 1. The number of hydrogen-bond donors (Lipinski definition) is 9. The van der Waals surface area contributed by atoms with Gasteiger partial charge in [0.15, 0.2) is 0 Å². The molecule has 1 fully saturated rings. The lowest BCUT2D eigenvalue weighted by molar-refractivity contribution is -0.134. The van der Waals surface area contributed by atoms with Crippen LogP contribution in [0.25, 0.3) is 0 Å². The molecule has 1 aliphatic rings. The van der Waals surface area contributed by atoms with Crippen LogP contribution >= 0.6 is 0 Å². The summed E-state index contributed by atoms with van der Waals surface area (Å²) in [6.07, 6.45) is 3.49. The second-order valence-electron chi connectivity index (χ2n) is 12.4. The number of aliphatic hydroxyl groups excluding tert-OH is 4. The molecule has 1 aromatic heterocycles. The first-order chi connectivity index (χ1) is 21.5. The summed E-state index contributed by atoms with van der Waals surface area (Å²) in [5, 5.41) is 49.3. The molecular weight excluding hydrogens is 580 g/mol. The molecule has 3 rings (SSSR count). The molecule has 0 aliphatic heterocycles. The van der Waals surface area contributed by atoms with E-state index >= 15 is 0 Å². The van der Waals surface area contributed by atoms with Crippen LogP contribution in [0.3, 0.4) is 0 Å². The fraction of sp³-hybridized carbons (Fsp3) is 0.625. The van der Waals surface area contributed by atoms with Gasteiger partial charge in [0.05, 0.1) is 25.0 Å². The molecule has 13 heteroatoms. The van der Waals surface area contributed by atoms with E-state index in [0.29, 0.717) is 12.1 Å². The summed E-state index contributed by atoms with van der Waals surface area (Å²) in [7, 11) is 0. The van der Waals surface area contributed by atoms with Crippen LogP contribution in [-0.2, 0) is 27.2 Å². The van der Waals surface area contributed by atoms with Gasteiger partial charge in [-0.1, -0.05) is 76.3 Å². The van der Waals surface area contributed by atoms with Gasteiger partial charge in [-0.3, -0.25) is 14.4 Å². The molecule has 3 amide bonds. The first-order valence-corrected chi connectivity index (χ1v) is 15.8. The Morgan fingerprint density at radius 2 is 1.53 bits per heavy atom. The van der Waals surface area contributed by atoms with Gasteiger partial charge in [0.2, 0.25) is 17.7 Å². The SMILES string of the molecule is CC(C)C(N)C(=O)N[C@@H](Cc1ccccc1)C(=O)N[C@@H](Cc1cnc[nH]1)C(=O)N[C@@H](CC1CCCCC1)[C@@H](O)[C@@H](O)[C@H](O)CO. The van der Waals surface area contributed by atoms with E-state index in [0.717, 1.165) is 37.7 Å². The molecule has 1 aromatic carbocycles. The molecule has 0 spiro atoms. The molecule has 1 saturated carbocycles. The molecule has 10 N–H and O–H groups in total. The Hall–Kier alpha value is -3.36. The number of benzene rings is 1. The van der Waals surface area contributed by atoms with Crippen molar-refractivity contribution in [1.82, 2.24) is 25.9 Å². The average Bonchev–Trinajstić information content (AvgIpc) is 3.56. The lowest BCUT2D eigenvalue weighted by Crippen LogP contribution is -2.60. The highest BCUT2D eigenvalue weighted by molar-refractivity contribution is 5.93. The van der Waals surface area contributed by atoms with Crippen molar-refractivity contribution in [2.45, 2.75) is 108 Å². The Bertz CT molecular complexity index is 1180. The van der Waals surface area contributed by atoms with Crippen molar-refractivity contribution in [3.63, 3.8) is 0 Å². The predicted molar refractivity (Wildman–Crippen MR) is 167 cm³/mol. The number of carbonyl (C=O) groups is 3. The minimum atomic E-state index is -1.71. The number of carbonyl (C=O) groups excluding carboxylic acids is 3. The second kappa shape index (κ2) is 18.0. The van der Waals surface area contributed by atoms with E-state index in [1.165, 1.54) is 12.5 Å². The number of nitrogens with one attached hydrogen (secondary N) is 4. The first kappa shape index (κ1) is 36.1. The molecule has 1 heterocycles. The summed E-state index contributed by atoms with van der Waals surface area (Å²) in [4.78, 5) is 47.5. The third-order valence-corrected chi connectivity index (χ3v) is 8.53. The van der Waals surface area contributed by atoms with E-state index < -0.39 is 66.8 Å². The summed E-state index contributed by atoms with van der Waals surface area (Å²) >= 11 is 0. The van der Waals surface area contributed by atoms with Crippen molar-refractivity contribution in [2.24, 2.45) is 17.6 Å². The van der Waals surface area contributed by atoms with Gasteiger partial charge < -0.3 is 47.1 Å². The van der Waals surface area contributed by atoms with Crippen LogP contribution in [0, 0.1) is 11.8 Å². The molecule has 7 atom stereocenters. The topological polar surface area (TPSA) is 223 Å². The minimum absolute atomic E-state index is 0.0170. The second-order valence-corrected chi connectivity index (χ2v) is 12.4. The van der Waals surface area contributed by atoms with E-state index in [-0.39, 0.29) is 24.7 Å². The molecule has 0 saturated heterocycles. The standard InChI is InChI=1S/C32H50N6O7/c1-19(2)27(33)32(45)38-24(14-21-11-7-4-8-12-21)30(43)37-25(15-22-16-34-18-35-22)31(44)36-23(13-20-9-5-3-6-10-20)28(41)29(42)26(40)17-39/h4,7-8,11-12,16,18-20,23-29,39-42H,3,5-6,9-10,13-15,17,33H2,1-2H3,(H,34,35)(H,36,44)(H,37,43)(H,38,45)/t23-,24-,25-,26+,27?,28+,29-/m0/s1. The third-order valence-electron chi connectivity index (χ3n) is 8.53. The highest BCUT2D eigenvalue weighted by atomic mass is 16.4. The zero-order valence-corrected chi connectivity index (χ0v) is 26.1. The molecule has 0 radical (unpaired) electrons. The zero-order valence-electron chi connectivity index (χ0n) is 26.1. The zero-order chi connectivity index (χ0) is 32.9. The van der Waals surface area contributed by atoms with Gasteiger partial charge in [0, 0.05) is 24.7 Å². The van der Waals surface area contributed by atoms with Gasteiger partial charge in [-0.25, -0.2) is 4.98 Å². The van der Waals surface area contributed by atoms with Crippen LogP contribution in [0.2, 0.25) is 0 Å². The minimum Gasteiger partial charge on any atom is -0.394 e. The molecule has 250 valence electrons. The van der Waals surface area contributed by atoms with Crippen LogP contribution < -0.4 is 21.7 Å². The fourth-order valence-electron chi connectivity index (χ4n) is 5.65. The van der Waals surface area contributed by atoms with Gasteiger partial charge >= 0.3 is 0 Å². The van der Waals surface area contributed by atoms with Crippen LogP contribution in [0.5, 0.6) is 0 Å². The molecule has 1 unspecified atom stereocenters. The van der Waals surface area contributed by atoms with E-state index in [4.69, 9.17) is 5.73 Å². The molecule has 0 bridgehead atoms. The number of hydrogen-bond acceptors (Lipinski definition) is 9. The van der Waals surface area contributed by atoms with Crippen molar-refractivity contribution in [2.75, 3.05) is 6.61 Å². The van der Waals surface area contributed by atoms with Gasteiger partial charge in [-0.2, -0.15) is 0 Å². The normalized spacial score (nSPS) is 18.7. The van der Waals surface area contributed by atoms with Gasteiger partial charge in [-0.05, 0) is 23.8 Å². The maximum Gasteiger partial charge on any atom is 0.243 e. The molecule has 13 nitrogen and oxygen atoms in total. The number of aromatic amines is 1. The summed E-state index contributed by atoms with van der Waals surface area (Å²) < 4.78 is 0. The third kappa shape index (κ3) is 11.2.